The quantitative estimate of drug-likeness (QED) is 0.553. The van der Waals surface area contributed by atoms with Crippen molar-refractivity contribution < 1.29 is 4.74 Å². The number of nitrogens with zero attached hydrogens (tertiary/aromatic N) is 4. The van der Waals surface area contributed by atoms with Gasteiger partial charge in [0.05, 0.1) is 12.7 Å². The van der Waals surface area contributed by atoms with Gasteiger partial charge in [-0.1, -0.05) is 30.0 Å². The fourth-order valence-electron chi connectivity index (χ4n) is 2.18. The summed E-state index contributed by atoms with van der Waals surface area (Å²) in [6, 6.07) is 13.5. The van der Waals surface area contributed by atoms with Gasteiger partial charge >= 0.3 is 0 Å². The zero-order chi connectivity index (χ0) is 16.1. The zero-order valence-corrected chi connectivity index (χ0v) is 13.5. The second-order valence-corrected chi connectivity index (χ2v) is 5.86. The Bertz CT molecular complexity index is 775. The van der Waals surface area contributed by atoms with Gasteiger partial charge in [-0.25, -0.2) is 4.68 Å². The van der Waals surface area contributed by atoms with Crippen molar-refractivity contribution in [1.82, 2.24) is 19.9 Å². The van der Waals surface area contributed by atoms with Gasteiger partial charge in [0.15, 0.2) is 5.82 Å². The molecule has 0 saturated carbocycles. The smallest absolute Gasteiger partial charge is 0.210 e. The van der Waals surface area contributed by atoms with Gasteiger partial charge in [-0.3, -0.25) is 4.98 Å². The SMILES string of the molecule is COc1ccccc1-c1nnc(SCCc2ccccn2)n1N. The number of aryl methyl sites for hydroxylation is 1. The highest BCUT2D eigenvalue weighted by Crippen LogP contribution is 2.29. The highest BCUT2D eigenvalue weighted by molar-refractivity contribution is 7.99. The molecule has 0 unspecified atom stereocenters. The molecular weight excluding hydrogens is 310 g/mol. The molecule has 118 valence electrons. The predicted octanol–water partition coefficient (Wildman–Crippen LogP) is 2.40. The van der Waals surface area contributed by atoms with Crippen molar-refractivity contribution >= 4 is 11.8 Å². The molecule has 3 rings (SSSR count). The molecule has 0 saturated heterocycles. The van der Waals surface area contributed by atoms with E-state index in [4.69, 9.17) is 10.6 Å². The van der Waals surface area contributed by atoms with E-state index in [1.54, 1.807) is 25.1 Å². The van der Waals surface area contributed by atoms with Crippen LogP contribution in [0.1, 0.15) is 5.69 Å². The van der Waals surface area contributed by atoms with Crippen LogP contribution in [-0.2, 0) is 6.42 Å². The van der Waals surface area contributed by atoms with Gasteiger partial charge in [0.25, 0.3) is 0 Å². The van der Waals surface area contributed by atoms with Gasteiger partial charge in [-0.15, -0.1) is 10.2 Å². The number of pyridine rings is 1. The Morgan fingerprint density at radius 3 is 2.74 bits per heavy atom. The second kappa shape index (κ2) is 7.15. The monoisotopic (exact) mass is 327 g/mol. The molecule has 2 N–H and O–H groups in total. The molecule has 1 aromatic carbocycles. The lowest BCUT2D eigenvalue weighted by molar-refractivity contribution is 0.416. The Morgan fingerprint density at radius 1 is 1.13 bits per heavy atom. The molecular formula is C16H17N5OS. The Labute approximate surface area is 138 Å². The lowest BCUT2D eigenvalue weighted by Gasteiger charge is -2.07. The highest BCUT2D eigenvalue weighted by atomic mass is 32.2. The summed E-state index contributed by atoms with van der Waals surface area (Å²) in [5.41, 5.74) is 1.87. The molecule has 2 aromatic heterocycles. The lowest BCUT2D eigenvalue weighted by atomic mass is 10.2. The van der Waals surface area contributed by atoms with Crippen molar-refractivity contribution in [2.75, 3.05) is 18.7 Å². The summed E-state index contributed by atoms with van der Waals surface area (Å²) < 4.78 is 6.85. The van der Waals surface area contributed by atoms with Crippen LogP contribution in [-0.4, -0.2) is 32.7 Å². The van der Waals surface area contributed by atoms with E-state index in [1.165, 1.54) is 4.68 Å². The number of nitrogen functional groups attached to an aromatic ring is 1. The Hall–Kier alpha value is -2.54. The maximum atomic E-state index is 6.14. The first-order valence-corrected chi connectivity index (χ1v) is 8.14. The first kappa shape index (κ1) is 15.4. The van der Waals surface area contributed by atoms with Crippen LogP contribution < -0.4 is 10.6 Å². The van der Waals surface area contributed by atoms with Crippen LogP contribution >= 0.6 is 11.8 Å². The molecule has 0 atom stereocenters. The maximum absolute atomic E-state index is 6.14. The van der Waals surface area contributed by atoms with Gasteiger partial charge in [0, 0.05) is 17.6 Å². The van der Waals surface area contributed by atoms with E-state index in [0.717, 1.165) is 29.2 Å². The Morgan fingerprint density at radius 2 is 1.96 bits per heavy atom. The minimum absolute atomic E-state index is 0.586. The maximum Gasteiger partial charge on any atom is 0.210 e. The van der Waals surface area contributed by atoms with Crippen LogP contribution in [0.5, 0.6) is 5.75 Å². The fraction of sp³-hybridized carbons (Fsp3) is 0.188. The fourth-order valence-corrected chi connectivity index (χ4v) is 3.00. The Kier molecular flexibility index (Phi) is 4.77. The molecule has 2 heterocycles. The van der Waals surface area contributed by atoms with Crippen LogP contribution in [0.3, 0.4) is 0 Å². The average Bonchev–Trinajstić information content (AvgIpc) is 2.96. The summed E-state index contributed by atoms with van der Waals surface area (Å²) in [6.07, 6.45) is 2.65. The van der Waals surface area contributed by atoms with E-state index < -0.39 is 0 Å². The summed E-state index contributed by atoms with van der Waals surface area (Å²) in [6.45, 7) is 0. The van der Waals surface area contributed by atoms with E-state index in [-0.39, 0.29) is 0 Å². The molecule has 0 aliphatic heterocycles. The number of thioether (sulfide) groups is 1. The normalized spacial score (nSPS) is 10.7. The standard InChI is InChI=1S/C16H17N5OS/c1-22-14-8-3-2-7-13(14)15-19-20-16(21(15)17)23-11-9-12-6-4-5-10-18-12/h2-8,10H,9,11,17H2,1H3. The summed E-state index contributed by atoms with van der Waals surface area (Å²) in [5.74, 6) is 8.27. The van der Waals surface area contributed by atoms with E-state index in [1.807, 2.05) is 42.5 Å². The number of rotatable bonds is 6. The van der Waals surface area contributed by atoms with Gasteiger partial charge < -0.3 is 10.6 Å². The molecule has 0 radical (unpaired) electrons. The molecule has 0 amide bonds. The number of hydrogen-bond donors (Lipinski definition) is 1. The van der Waals surface area contributed by atoms with Crippen molar-refractivity contribution in [3.05, 3.63) is 54.4 Å². The van der Waals surface area contributed by atoms with Gasteiger partial charge in [-0.2, -0.15) is 0 Å². The van der Waals surface area contributed by atoms with E-state index in [9.17, 15) is 0 Å². The summed E-state index contributed by atoms with van der Waals surface area (Å²) in [4.78, 5) is 4.30. The third-order valence-corrected chi connectivity index (χ3v) is 4.27. The van der Waals surface area contributed by atoms with Gasteiger partial charge in [0.1, 0.15) is 5.75 Å². The van der Waals surface area contributed by atoms with Crippen molar-refractivity contribution in [2.45, 2.75) is 11.6 Å². The van der Waals surface area contributed by atoms with Crippen molar-refractivity contribution in [2.24, 2.45) is 0 Å². The predicted molar refractivity (Wildman–Crippen MR) is 90.8 cm³/mol. The minimum atomic E-state index is 0.586. The molecule has 0 bridgehead atoms. The number of aromatic nitrogens is 4. The van der Waals surface area contributed by atoms with E-state index in [2.05, 4.69) is 15.2 Å². The molecule has 0 spiro atoms. The third kappa shape index (κ3) is 3.45. The summed E-state index contributed by atoms with van der Waals surface area (Å²) >= 11 is 1.55. The lowest BCUT2D eigenvalue weighted by Crippen LogP contribution is -2.12. The summed E-state index contributed by atoms with van der Waals surface area (Å²) in [5, 5.41) is 9.03. The Balaban J connectivity index is 1.72. The third-order valence-electron chi connectivity index (χ3n) is 3.33. The van der Waals surface area contributed by atoms with Gasteiger partial charge in [0.2, 0.25) is 5.16 Å². The summed E-state index contributed by atoms with van der Waals surface area (Å²) in [7, 11) is 1.62. The van der Waals surface area contributed by atoms with Crippen molar-refractivity contribution in [3.63, 3.8) is 0 Å². The molecule has 0 aliphatic carbocycles. The topological polar surface area (TPSA) is 78.9 Å². The number of benzene rings is 1. The molecule has 3 aromatic rings. The van der Waals surface area contributed by atoms with Crippen molar-refractivity contribution in [1.29, 1.82) is 0 Å². The largest absolute Gasteiger partial charge is 0.496 e. The van der Waals surface area contributed by atoms with E-state index >= 15 is 0 Å². The van der Waals surface area contributed by atoms with Crippen LogP contribution in [0.2, 0.25) is 0 Å². The van der Waals surface area contributed by atoms with Crippen LogP contribution in [0.15, 0.2) is 53.8 Å². The molecule has 23 heavy (non-hydrogen) atoms. The molecule has 0 fully saturated rings. The van der Waals surface area contributed by atoms with E-state index in [0.29, 0.717) is 11.0 Å². The minimum Gasteiger partial charge on any atom is -0.496 e. The number of nitrogens with two attached hydrogens (primary N) is 1. The van der Waals surface area contributed by atoms with Crippen LogP contribution in [0.4, 0.5) is 0 Å². The second-order valence-electron chi connectivity index (χ2n) is 4.80. The highest BCUT2D eigenvalue weighted by Gasteiger charge is 2.15. The number of hydrogen-bond acceptors (Lipinski definition) is 6. The molecule has 6 nitrogen and oxygen atoms in total. The first-order valence-electron chi connectivity index (χ1n) is 7.16. The van der Waals surface area contributed by atoms with Gasteiger partial charge in [-0.05, 0) is 30.7 Å². The van der Waals surface area contributed by atoms with Crippen molar-refractivity contribution in [3.8, 4) is 17.1 Å². The van der Waals surface area contributed by atoms with Crippen LogP contribution in [0, 0.1) is 0 Å². The molecule has 0 aliphatic rings. The first-order chi connectivity index (χ1) is 11.3. The molecule has 7 heteroatoms. The average molecular weight is 327 g/mol. The zero-order valence-electron chi connectivity index (χ0n) is 12.7. The number of methoxy groups -OCH3 is 1. The number of para-hydroxylation sites is 1. The number of ether oxygens (including phenoxy) is 1. The van der Waals surface area contributed by atoms with Crippen LogP contribution in [0.25, 0.3) is 11.4 Å².